The molecule has 9 heteroatoms. The van der Waals surface area contributed by atoms with Gasteiger partial charge < -0.3 is 19.3 Å². The van der Waals surface area contributed by atoms with E-state index in [2.05, 4.69) is 0 Å². The largest absolute Gasteiger partial charge is 0.492 e. The minimum Gasteiger partial charge on any atom is -0.492 e. The Morgan fingerprint density at radius 3 is 2.44 bits per heavy atom. The molecule has 0 aliphatic carbocycles. The molecule has 0 bridgehead atoms. The smallest absolute Gasteiger partial charge is 0.306 e. The molecule has 1 N–H and O–H groups in total. The molecule has 2 amide bonds. The molecule has 2 aromatic carbocycles. The second-order valence-electron chi connectivity index (χ2n) is 6.55. The predicted molar refractivity (Wildman–Crippen MR) is 121 cm³/mol. The topological polar surface area (TPSA) is 102 Å². The molecule has 1 fully saturated rings. The molecule has 0 unspecified atom stereocenters. The third kappa shape index (κ3) is 5.42. The van der Waals surface area contributed by atoms with E-state index in [1.807, 2.05) is 13.8 Å². The van der Waals surface area contributed by atoms with Crippen molar-refractivity contribution in [1.29, 1.82) is 0 Å². The molecule has 0 aromatic heterocycles. The average Bonchev–Trinajstić information content (AvgIpc) is 3.03. The van der Waals surface area contributed by atoms with Gasteiger partial charge in [-0.05, 0) is 61.5 Å². The zero-order chi connectivity index (χ0) is 23.1. The zero-order valence-electron chi connectivity index (χ0n) is 17.7. The summed E-state index contributed by atoms with van der Waals surface area (Å²) in [6, 6.07) is 11.9. The van der Waals surface area contributed by atoms with Gasteiger partial charge in [-0.3, -0.25) is 14.4 Å². The lowest BCUT2D eigenvalue weighted by Crippen LogP contribution is -2.28. The Hall–Kier alpha value is -3.46. The molecule has 0 radical (unpaired) electrons. The van der Waals surface area contributed by atoms with Crippen molar-refractivity contribution in [2.45, 2.75) is 20.3 Å². The average molecular weight is 458 g/mol. The quantitative estimate of drug-likeness (QED) is 0.517. The van der Waals surface area contributed by atoms with E-state index in [1.165, 1.54) is 0 Å². The fraction of sp³-hybridized carbons (Fsp3) is 0.261. The lowest BCUT2D eigenvalue weighted by Gasteiger charge is -2.16. The summed E-state index contributed by atoms with van der Waals surface area (Å²) >= 11 is 0.844. The van der Waals surface area contributed by atoms with Gasteiger partial charge >= 0.3 is 5.97 Å². The number of thioether (sulfide) groups is 1. The summed E-state index contributed by atoms with van der Waals surface area (Å²) in [5.74, 6) is -0.107. The lowest BCUT2D eigenvalue weighted by molar-refractivity contribution is -0.137. The summed E-state index contributed by atoms with van der Waals surface area (Å²) in [6.45, 7) is 4.44. The highest BCUT2D eigenvalue weighted by Gasteiger charge is 2.37. The minimum absolute atomic E-state index is 0.00683. The molecule has 3 rings (SSSR count). The molecule has 1 aliphatic heterocycles. The van der Waals surface area contributed by atoms with E-state index in [0.29, 0.717) is 41.7 Å². The van der Waals surface area contributed by atoms with Crippen LogP contribution in [0.2, 0.25) is 0 Å². The van der Waals surface area contributed by atoms with Crippen LogP contribution in [-0.4, -0.2) is 42.0 Å². The number of rotatable bonds is 10. The Balaban J connectivity index is 1.85. The van der Waals surface area contributed by atoms with Crippen molar-refractivity contribution >= 4 is 40.6 Å². The van der Waals surface area contributed by atoms with E-state index in [4.69, 9.17) is 19.3 Å². The van der Waals surface area contributed by atoms with Crippen LogP contribution >= 0.6 is 11.8 Å². The first-order valence-corrected chi connectivity index (χ1v) is 10.9. The van der Waals surface area contributed by atoms with E-state index in [0.717, 1.165) is 16.7 Å². The predicted octanol–water partition coefficient (Wildman–Crippen LogP) is 4.58. The summed E-state index contributed by atoms with van der Waals surface area (Å²) in [5.41, 5.74) is 1.04. The van der Waals surface area contributed by atoms with E-state index in [9.17, 15) is 14.4 Å². The van der Waals surface area contributed by atoms with Crippen LogP contribution in [0.4, 0.5) is 10.5 Å². The van der Waals surface area contributed by atoms with Crippen molar-refractivity contribution in [1.82, 2.24) is 0 Å². The maximum Gasteiger partial charge on any atom is 0.306 e. The van der Waals surface area contributed by atoms with Gasteiger partial charge in [0.1, 0.15) is 5.75 Å². The van der Waals surface area contributed by atoms with Crippen molar-refractivity contribution < 1.29 is 33.7 Å². The Bertz CT molecular complexity index is 1050. The first-order valence-electron chi connectivity index (χ1n) is 10.1. The van der Waals surface area contributed by atoms with Crippen molar-refractivity contribution in [2.24, 2.45) is 0 Å². The van der Waals surface area contributed by atoms with Gasteiger partial charge in [0, 0.05) is 0 Å². The Morgan fingerprint density at radius 2 is 1.72 bits per heavy atom. The van der Waals surface area contributed by atoms with Gasteiger partial charge in [0.25, 0.3) is 11.1 Å². The number of carboxylic acid groups (broad SMARTS) is 1. The summed E-state index contributed by atoms with van der Waals surface area (Å²) in [7, 11) is 0. The number of hydrogen-bond donors (Lipinski definition) is 1. The maximum atomic E-state index is 13.0. The second-order valence-corrected chi connectivity index (χ2v) is 7.54. The Kier molecular flexibility index (Phi) is 7.77. The van der Waals surface area contributed by atoms with Gasteiger partial charge in [-0.15, -0.1) is 0 Å². The number of benzene rings is 2. The van der Waals surface area contributed by atoms with Crippen LogP contribution in [0, 0.1) is 0 Å². The van der Waals surface area contributed by atoms with Crippen LogP contribution in [0.5, 0.6) is 17.2 Å². The van der Waals surface area contributed by atoms with E-state index in [-0.39, 0.29) is 17.9 Å². The standard InChI is InChI=1S/C23H23NO7S/c1-3-29-17-8-6-5-7-16(17)24-22(27)20(32-23(24)28)14-15-9-10-18(19(13-15)30-4-2)31-12-11-21(25)26/h5-10,13-14H,3-4,11-12H2,1-2H3,(H,25,26)/b20-14+. The number of imide groups is 1. The third-order valence-electron chi connectivity index (χ3n) is 4.34. The molecule has 32 heavy (non-hydrogen) atoms. The fourth-order valence-electron chi connectivity index (χ4n) is 3.00. The van der Waals surface area contributed by atoms with Crippen molar-refractivity contribution in [2.75, 3.05) is 24.7 Å². The molecule has 8 nitrogen and oxygen atoms in total. The molecule has 0 saturated carbocycles. The van der Waals surface area contributed by atoms with Crippen LogP contribution in [0.15, 0.2) is 47.4 Å². The van der Waals surface area contributed by atoms with Crippen LogP contribution in [-0.2, 0) is 9.59 Å². The number of hydrogen-bond acceptors (Lipinski definition) is 7. The van der Waals surface area contributed by atoms with Crippen LogP contribution < -0.4 is 19.1 Å². The van der Waals surface area contributed by atoms with Crippen molar-refractivity contribution in [3.05, 3.63) is 52.9 Å². The molecule has 1 aliphatic rings. The van der Waals surface area contributed by atoms with E-state index >= 15 is 0 Å². The van der Waals surface area contributed by atoms with Crippen LogP contribution in [0.1, 0.15) is 25.8 Å². The van der Waals surface area contributed by atoms with Crippen molar-refractivity contribution in [3.63, 3.8) is 0 Å². The number of ether oxygens (including phenoxy) is 3. The highest BCUT2D eigenvalue weighted by molar-refractivity contribution is 8.19. The SMILES string of the molecule is CCOc1cc(/C=C2/SC(=O)N(c3ccccc3OCC)C2=O)ccc1OCCC(=O)O. The zero-order valence-corrected chi connectivity index (χ0v) is 18.5. The molecule has 0 spiro atoms. The maximum absolute atomic E-state index is 13.0. The van der Waals surface area contributed by atoms with Gasteiger partial charge in [0.15, 0.2) is 11.5 Å². The number of para-hydroxylation sites is 2. The summed E-state index contributed by atoms with van der Waals surface area (Å²) in [4.78, 5) is 37.7. The van der Waals surface area contributed by atoms with Gasteiger partial charge in [0.2, 0.25) is 0 Å². The van der Waals surface area contributed by atoms with Gasteiger partial charge in [-0.25, -0.2) is 4.90 Å². The van der Waals surface area contributed by atoms with Crippen LogP contribution in [0.25, 0.3) is 6.08 Å². The number of carbonyl (C=O) groups is 3. The highest BCUT2D eigenvalue weighted by Crippen LogP contribution is 2.40. The number of carboxylic acids is 1. The fourth-order valence-corrected chi connectivity index (χ4v) is 3.83. The molecule has 0 atom stereocenters. The second kappa shape index (κ2) is 10.7. The molecule has 2 aromatic rings. The summed E-state index contributed by atoms with van der Waals surface area (Å²) in [5, 5.41) is 8.36. The van der Waals surface area contributed by atoms with Gasteiger partial charge in [-0.2, -0.15) is 0 Å². The number of anilines is 1. The van der Waals surface area contributed by atoms with Crippen molar-refractivity contribution in [3.8, 4) is 17.2 Å². The monoisotopic (exact) mass is 457 g/mol. The van der Waals surface area contributed by atoms with E-state index in [1.54, 1.807) is 48.5 Å². The van der Waals surface area contributed by atoms with Gasteiger partial charge in [-0.1, -0.05) is 18.2 Å². The number of nitrogens with zero attached hydrogens (tertiary/aromatic N) is 1. The molecule has 1 saturated heterocycles. The molecular weight excluding hydrogens is 434 g/mol. The number of carbonyl (C=O) groups excluding carboxylic acids is 2. The van der Waals surface area contributed by atoms with E-state index < -0.39 is 17.1 Å². The minimum atomic E-state index is -0.957. The number of aliphatic carboxylic acids is 1. The molecule has 1 heterocycles. The summed E-state index contributed by atoms with van der Waals surface area (Å²) < 4.78 is 16.7. The normalized spacial score (nSPS) is 14.7. The first-order chi connectivity index (χ1) is 15.4. The lowest BCUT2D eigenvalue weighted by atomic mass is 10.1. The van der Waals surface area contributed by atoms with Crippen LogP contribution in [0.3, 0.4) is 0 Å². The van der Waals surface area contributed by atoms with Gasteiger partial charge in [0.05, 0.1) is 36.8 Å². The summed E-state index contributed by atoms with van der Waals surface area (Å²) in [6.07, 6.45) is 1.47. The Morgan fingerprint density at radius 1 is 1.00 bits per heavy atom. The first kappa shape index (κ1) is 23.2. The Labute approximate surface area is 189 Å². The number of amides is 2. The third-order valence-corrected chi connectivity index (χ3v) is 5.21. The molecule has 168 valence electrons. The molecular formula is C23H23NO7S. The highest BCUT2D eigenvalue weighted by atomic mass is 32.2.